The monoisotopic (exact) mass is 300 g/mol. The van der Waals surface area contributed by atoms with Gasteiger partial charge < -0.3 is 15.7 Å². The molecule has 0 saturated carbocycles. The van der Waals surface area contributed by atoms with Crippen molar-refractivity contribution >= 4 is 16.8 Å². The zero-order valence-electron chi connectivity index (χ0n) is 13.0. The molecule has 0 aliphatic rings. The topological polar surface area (TPSA) is 61.4 Å². The molecule has 0 spiro atoms. The minimum absolute atomic E-state index is 0.0767. The van der Waals surface area contributed by atoms with E-state index < -0.39 is 0 Å². The SMILES string of the molecule is CC(CCCO)NC(=O)NCCc1ccc2ccccc2c1. The van der Waals surface area contributed by atoms with Crippen LogP contribution in [0.5, 0.6) is 0 Å². The Labute approximate surface area is 131 Å². The molecule has 118 valence electrons. The maximum absolute atomic E-state index is 11.7. The van der Waals surface area contributed by atoms with Crippen molar-refractivity contribution in [2.45, 2.75) is 32.2 Å². The molecule has 0 saturated heterocycles. The lowest BCUT2D eigenvalue weighted by Crippen LogP contribution is -2.41. The summed E-state index contributed by atoms with van der Waals surface area (Å²) in [6.07, 6.45) is 2.30. The number of benzene rings is 2. The summed E-state index contributed by atoms with van der Waals surface area (Å²) in [5, 5.41) is 17.0. The van der Waals surface area contributed by atoms with Gasteiger partial charge in [0, 0.05) is 19.2 Å². The third kappa shape index (κ3) is 5.04. The summed E-state index contributed by atoms with van der Waals surface area (Å²) < 4.78 is 0. The third-order valence-corrected chi connectivity index (χ3v) is 3.69. The summed E-state index contributed by atoms with van der Waals surface area (Å²) >= 11 is 0. The first-order chi connectivity index (χ1) is 10.7. The summed E-state index contributed by atoms with van der Waals surface area (Å²) in [5.74, 6) is 0. The van der Waals surface area contributed by atoms with Crippen molar-refractivity contribution < 1.29 is 9.90 Å². The second kappa shape index (κ2) is 8.39. The molecule has 0 aliphatic carbocycles. The molecule has 2 rings (SSSR count). The second-order valence-corrected chi connectivity index (χ2v) is 5.60. The first-order valence-electron chi connectivity index (χ1n) is 7.82. The van der Waals surface area contributed by atoms with E-state index in [4.69, 9.17) is 5.11 Å². The Morgan fingerprint density at radius 1 is 1.18 bits per heavy atom. The molecule has 0 aromatic heterocycles. The lowest BCUT2D eigenvalue weighted by atomic mass is 10.1. The van der Waals surface area contributed by atoms with E-state index in [1.807, 2.05) is 19.1 Å². The van der Waals surface area contributed by atoms with Crippen molar-refractivity contribution in [2.24, 2.45) is 0 Å². The van der Waals surface area contributed by atoms with Gasteiger partial charge in [0.25, 0.3) is 0 Å². The fourth-order valence-electron chi connectivity index (χ4n) is 2.46. The van der Waals surface area contributed by atoms with Crippen LogP contribution in [0.15, 0.2) is 42.5 Å². The Bertz CT molecular complexity index is 613. The Hall–Kier alpha value is -2.07. The number of aliphatic hydroxyl groups excluding tert-OH is 1. The van der Waals surface area contributed by atoms with E-state index in [1.54, 1.807) is 0 Å². The van der Waals surface area contributed by atoms with Crippen molar-refractivity contribution in [1.29, 1.82) is 0 Å². The van der Waals surface area contributed by atoms with Crippen molar-refractivity contribution in [3.8, 4) is 0 Å². The molecule has 2 amide bonds. The van der Waals surface area contributed by atoms with Crippen molar-refractivity contribution in [3.05, 3.63) is 48.0 Å². The van der Waals surface area contributed by atoms with Gasteiger partial charge in [0.1, 0.15) is 0 Å². The smallest absolute Gasteiger partial charge is 0.315 e. The van der Waals surface area contributed by atoms with Gasteiger partial charge in [0.05, 0.1) is 0 Å². The zero-order valence-corrected chi connectivity index (χ0v) is 13.0. The van der Waals surface area contributed by atoms with Gasteiger partial charge in [0.15, 0.2) is 0 Å². The van der Waals surface area contributed by atoms with Crippen LogP contribution in [0.1, 0.15) is 25.3 Å². The molecule has 4 heteroatoms. The van der Waals surface area contributed by atoms with Crippen LogP contribution in [-0.2, 0) is 6.42 Å². The van der Waals surface area contributed by atoms with Crippen LogP contribution >= 0.6 is 0 Å². The molecular weight excluding hydrogens is 276 g/mol. The van der Waals surface area contributed by atoms with Gasteiger partial charge in [-0.25, -0.2) is 4.79 Å². The second-order valence-electron chi connectivity index (χ2n) is 5.60. The first-order valence-corrected chi connectivity index (χ1v) is 7.82. The molecule has 2 aromatic rings. The van der Waals surface area contributed by atoms with Gasteiger partial charge in [-0.2, -0.15) is 0 Å². The number of nitrogens with one attached hydrogen (secondary N) is 2. The van der Waals surface area contributed by atoms with Crippen LogP contribution in [0, 0.1) is 0 Å². The van der Waals surface area contributed by atoms with Gasteiger partial charge in [0.2, 0.25) is 0 Å². The quantitative estimate of drug-likeness (QED) is 0.736. The first kappa shape index (κ1) is 16.3. The normalized spacial score (nSPS) is 12.1. The van der Waals surface area contributed by atoms with Crippen LogP contribution in [-0.4, -0.2) is 30.3 Å². The zero-order chi connectivity index (χ0) is 15.8. The molecule has 0 bridgehead atoms. The van der Waals surface area contributed by atoms with E-state index in [1.165, 1.54) is 16.3 Å². The number of hydrogen-bond donors (Lipinski definition) is 3. The molecule has 1 atom stereocenters. The Balaban J connectivity index is 1.76. The van der Waals surface area contributed by atoms with Crippen LogP contribution in [0.4, 0.5) is 4.79 Å². The van der Waals surface area contributed by atoms with Crippen molar-refractivity contribution in [2.75, 3.05) is 13.2 Å². The van der Waals surface area contributed by atoms with E-state index >= 15 is 0 Å². The number of hydrogen-bond acceptors (Lipinski definition) is 2. The predicted molar refractivity (Wildman–Crippen MR) is 90.0 cm³/mol. The summed E-state index contributed by atoms with van der Waals surface area (Å²) in [6.45, 7) is 2.71. The molecule has 2 aromatic carbocycles. The summed E-state index contributed by atoms with van der Waals surface area (Å²) in [5.41, 5.74) is 1.22. The van der Waals surface area contributed by atoms with E-state index in [0.29, 0.717) is 13.0 Å². The molecule has 1 unspecified atom stereocenters. The van der Waals surface area contributed by atoms with E-state index in [0.717, 1.165) is 12.8 Å². The number of urea groups is 1. The summed E-state index contributed by atoms with van der Waals surface area (Å²) in [4.78, 5) is 11.7. The van der Waals surface area contributed by atoms with Crippen molar-refractivity contribution in [1.82, 2.24) is 10.6 Å². The highest BCUT2D eigenvalue weighted by Gasteiger charge is 2.06. The summed E-state index contributed by atoms with van der Waals surface area (Å²) in [6, 6.07) is 14.6. The Morgan fingerprint density at radius 3 is 2.73 bits per heavy atom. The van der Waals surface area contributed by atoms with Gasteiger partial charge in [-0.15, -0.1) is 0 Å². The number of carbonyl (C=O) groups excluding carboxylic acids is 1. The molecule has 4 nitrogen and oxygen atoms in total. The molecule has 0 fully saturated rings. The van der Waals surface area contributed by atoms with E-state index in [-0.39, 0.29) is 18.7 Å². The largest absolute Gasteiger partial charge is 0.396 e. The molecule has 0 radical (unpaired) electrons. The van der Waals surface area contributed by atoms with E-state index in [9.17, 15) is 4.79 Å². The Kier molecular flexibility index (Phi) is 6.22. The molecule has 0 heterocycles. The minimum Gasteiger partial charge on any atom is -0.396 e. The highest BCUT2D eigenvalue weighted by Crippen LogP contribution is 2.15. The van der Waals surface area contributed by atoms with Crippen LogP contribution in [0.25, 0.3) is 10.8 Å². The number of fused-ring (bicyclic) bond motifs is 1. The summed E-state index contributed by atoms with van der Waals surface area (Å²) in [7, 11) is 0. The number of amides is 2. The maximum Gasteiger partial charge on any atom is 0.315 e. The van der Waals surface area contributed by atoms with Crippen LogP contribution in [0.3, 0.4) is 0 Å². The Morgan fingerprint density at radius 2 is 1.95 bits per heavy atom. The lowest BCUT2D eigenvalue weighted by Gasteiger charge is -2.14. The van der Waals surface area contributed by atoms with Gasteiger partial charge in [-0.05, 0) is 42.5 Å². The predicted octanol–water partition coefficient (Wildman–Crippen LogP) is 2.84. The average Bonchev–Trinajstić information content (AvgIpc) is 2.52. The van der Waals surface area contributed by atoms with Gasteiger partial charge >= 0.3 is 6.03 Å². The number of carbonyl (C=O) groups is 1. The van der Waals surface area contributed by atoms with Crippen LogP contribution < -0.4 is 10.6 Å². The fourth-order valence-corrected chi connectivity index (χ4v) is 2.46. The van der Waals surface area contributed by atoms with Gasteiger partial charge in [-0.3, -0.25) is 0 Å². The highest BCUT2D eigenvalue weighted by atomic mass is 16.3. The highest BCUT2D eigenvalue weighted by molar-refractivity contribution is 5.83. The maximum atomic E-state index is 11.7. The van der Waals surface area contributed by atoms with Crippen LogP contribution in [0.2, 0.25) is 0 Å². The average molecular weight is 300 g/mol. The fraction of sp³-hybridized carbons (Fsp3) is 0.389. The minimum atomic E-state index is -0.147. The van der Waals surface area contributed by atoms with Gasteiger partial charge in [-0.1, -0.05) is 42.5 Å². The molecule has 3 N–H and O–H groups in total. The molecule has 0 aliphatic heterocycles. The molecular formula is C18H24N2O2. The number of rotatable bonds is 7. The van der Waals surface area contributed by atoms with Crippen molar-refractivity contribution in [3.63, 3.8) is 0 Å². The lowest BCUT2D eigenvalue weighted by molar-refractivity contribution is 0.234. The molecule has 22 heavy (non-hydrogen) atoms. The number of aliphatic hydroxyl groups is 1. The standard InChI is InChI=1S/C18H24N2O2/c1-14(5-4-12-21)20-18(22)19-11-10-15-8-9-16-6-2-3-7-17(16)13-15/h2-3,6-9,13-14,21H,4-5,10-12H2,1H3,(H2,19,20,22). The van der Waals surface area contributed by atoms with E-state index in [2.05, 4.69) is 41.0 Å². The third-order valence-electron chi connectivity index (χ3n) is 3.69.